The van der Waals surface area contributed by atoms with E-state index in [0.29, 0.717) is 30.6 Å². The minimum absolute atomic E-state index is 0.0531. The average molecular weight is 528 g/mol. The summed E-state index contributed by atoms with van der Waals surface area (Å²) < 4.78 is 38.0. The van der Waals surface area contributed by atoms with Crippen molar-refractivity contribution in [1.29, 1.82) is 0 Å². The Morgan fingerprint density at radius 1 is 1.16 bits per heavy atom. The van der Waals surface area contributed by atoms with Crippen molar-refractivity contribution in [3.05, 3.63) is 53.7 Å². The molecule has 3 aromatic rings. The predicted molar refractivity (Wildman–Crippen MR) is 139 cm³/mol. The number of rotatable bonds is 7. The number of aliphatic hydroxyl groups is 1. The van der Waals surface area contributed by atoms with Gasteiger partial charge in [0, 0.05) is 40.7 Å². The minimum Gasteiger partial charge on any atom is -0.395 e. The lowest BCUT2D eigenvalue weighted by Crippen LogP contribution is -2.28. The van der Waals surface area contributed by atoms with Gasteiger partial charge in [-0.25, -0.2) is 0 Å². The number of aliphatic hydroxyl groups excluding tert-OH is 1. The number of carbonyl (C=O) groups is 1. The van der Waals surface area contributed by atoms with E-state index in [1.807, 2.05) is 28.8 Å². The lowest BCUT2D eigenvalue weighted by molar-refractivity contribution is -0.286. The first-order chi connectivity index (χ1) is 17.8. The first-order valence-electron chi connectivity index (χ1n) is 12.4. The Labute approximate surface area is 218 Å². The fourth-order valence-corrected chi connectivity index (χ4v) is 5.01. The standard InChI is InChI=1S/C27H31F2N5O4/c1-25(2,3)22-11-15-10-17(5-6-19(15)34(22)14-18(35)13-23(30)33-31)32-24(36)26(8-9-26)16-4-7-20-21(12-16)38-27(28,29)37-20/h4-7,10-12,18,35H,8-9,13-14,31H2,1-3H3,(H2,30,33)(H,32,36). The van der Waals surface area contributed by atoms with Gasteiger partial charge in [0.05, 0.1) is 11.5 Å². The first kappa shape index (κ1) is 25.8. The van der Waals surface area contributed by atoms with Crippen LogP contribution in [0.4, 0.5) is 14.5 Å². The molecule has 1 aliphatic heterocycles. The first-order valence-corrected chi connectivity index (χ1v) is 12.4. The highest BCUT2D eigenvalue weighted by Crippen LogP contribution is 2.52. The molecular weight excluding hydrogens is 496 g/mol. The number of nitrogens with one attached hydrogen (secondary N) is 1. The van der Waals surface area contributed by atoms with Gasteiger partial charge in [-0.3, -0.25) is 4.79 Å². The summed E-state index contributed by atoms with van der Waals surface area (Å²) in [6, 6.07) is 12.1. The van der Waals surface area contributed by atoms with E-state index in [9.17, 15) is 18.7 Å². The molecular formula is C27H31F2N5O4. The number of anilines is 1. The van der Waals surface area contributed by atoms with Crippen molar-refractivity contribution in [1.82, 2.24) is 4.57 Å². The number of hydrogen-bond acceptors (Lipinski definition) is 6. The molecule has 11 heteroatoms. The summed E-state index contributed by atoms with van der Waals surface area (Å²) in [4.78, 5) is 13.4. The van der Waals surface area contributed by atoms with Gasteiger partial charge in [-0.2, -0.15) is 5.10 Å². The molecule has 1 fully saturated rings. The second-order valence-electron chi connectivity index (χ2n) is 11.0. The third kappa shape index (κ3) is 4.73. The summed E-state index contributed by atoms with van der Waals surface area (Å²) in [7, 11) is 0. The average Bonchev–Trinajstić information content (AvgIpc) is 3.47. The van der Waals surface area contributed by atoms with Crippen molar-refractivity contribution in [2.24, 2.45) is 16.7 Å². The molecule has 9 nitrogen and oxygen atoms in total. The van der Waals surface area contributed by atoms with Crippen LogP contribution in [0.2, 0.25) is 0 Å². The van der Waals surface area contributed by atoms with Crippen LogP contribution >= 0.6 is 0 Å². The van der Waals surface area contributed by atoms with Gasteiger partial charge < -0.3 is 36.0 Å². The molecule has 0 spiro atoms. The molecule has 0 bridgehead atoms. The molecule has 2 aromatic carbocycles. The highest BCUT2D eigenvalue weighted by molar-refractivity contribution is 6.02. The molecule has 5 rings (SSSR count). The fraction of sp³-hybridized carbons (Fsp3) is 0.407. The Bertz CT molecular complexity index is 1440. The van der Waals surface area contributed by atoms with Crippen LogP contribution in [0.15, 0.2) is 47.6 Å². The number of fused-ring (bicyclic) bond motifs is 2. The number of carbonyl (C=O) groups excluding carboxylic acids is 1. The molecule has 6 N–H and O–H groups in total. The Hall–Kier alpha value is -3.86. The third-order valence-corrected chi connectivity index (χ3v) is 7.07. The van der Waals surface area contributed by atoms with Crippen molar-refractivity contribution < 1.29 is 28.2 Å². The number of amides is 1. The molecule has 1 saturated carbocycles. The van der Waals surface area contributed by atoms with Gasteiger partial charge in [0.15, 0.2) is 11.5 Å². The van der Waals surface area contributed by atoms with Gasteiger partial charge in [-0.1, -0.05) is 26.8 Å². The third-order valence-electron chi connectivity index (χ3n) is 7.07. The van der Waals surface area contributed by atoms with Crippen LogP contribution < -0.4 is 26.4 Å². The molecule has 1 unspecified atom stereocenters. The van der Waals surface area contributed by atoms with Crippen LogP contribution in [0.1, 0.15) is 51.3 Å². The molecule has 0 saturated heterocycles. The molecule has 2 heterocycles. The van der Waals surface area contributed by atoms with E-state index < -0.39 is 17.8 Å². The molecule has 1 aromatic heterocycles. The van der Waals surface area contributed by atoms with E-state index in [1.165, 1.54) is 12.1 Å². The van der Waals surface area contributed by atoms with Crippen molar-refractivity contribution in [2.45, 2.75) is 69.8 Å². The zero-order chi connectivity index (χ0) is 27.5. The summed E-state index contributed by atoms with van der Waals surface area (Å²) in [6.07, 6.45) is -3.16. The van der Waals surface area contributed by atoms with E-state index in [-0.39, 0.29) is 35.1 Å². The SMILES string of the molecule is CC(C)(C)c1cc2cc(NC(=O)C3(c4ccc5c(c4)OC(F)(F)O5)CC3)ccc2n1CC(O)C/C(N)=N/N. The van der Waals surface area contributed by atoms with Gasteiger partial charge in [0.1, 0.15) is 5.84 Å². The number of nitrogens with two attached hydrogens (primary N) is 2. The zero-order valence-corrected chi connectivity index (χ0v) is 21.4. The van der Waals surface area contributed by atoms with Gasteiger partial charge in [-0.15, -0.1) is 8.78 Å². The predicted octanol–water partition coefficient (Wildman–Crippen LogP) is 3.91. The summed E-state index contributed by atoms with van der Waals surface area (Å²) in [5.41, 5.74) is 7.78. The molecule has 1 atom stereocenters. The molecule has 202 valence electrons. The quantitative estimate of drug-likeness (QED) is 0.159. The summed E-state index contributed by atoms with van der Waals surface area (Å²) in [6.45, 7) is 6.55. The molecule has 38 heavy (non-hydrogen) atoms. The maximum absolute atomic E-state index is 13.4. The smallest absolute Gasteiger partial charge is 0.395 e. The lowest BCUT2D eigenvalue weighted by atomic mass is 9.92. The van der Waals surface area contributed by atoms with Crippen LogP contribution in [-0.4, -0.2) is 33.8 Å². The maximum atomic E-state index is 13.4. The normalized spacial score (nSPS) is 18.4. The topological polar surface area (TPSA) is 137 Å². The van der Waals surface area contributed by atoms with Crippen molar-refractivity contribution in [2.75, 3.05) is 5.32 Å². The number of amidine groups is 1. The van der Waals surface area contributed by atoms with Crippen LogP contribution in [-0.2, 0) is 22.2 Å². The number of hydrogen-bond donors (Lipinski definition) is 4. The number of hydrazone groups is 1. The second kappa shape index (κ2) is 8.87. The number of halogens is 2. The largest absolute Gasteiger partial charge is 0.586 e. The summed E-state index contributed by atoms with van der Waals surface area (Å²) >= 11 is 0. The molecule has 1 amide bonds. The zero-order valence-electron chi connectivity index (χ0n) is 21.4. The fourth-order valence-electron chi connectivity index (χ4n) is 5.01. The highest BCUT2D eigenvalue weighted by atomic mass is 19.3. The summed E-state index contributed by atoms with van der Waals surface area (Å²) in [5, 5.41) is 17.9. The van der Waals surface area contributed by atoms with Crippen molar-refractivity contribution >= 4 is 28.3 Å². The maximum Gasteiger partial charge on any atom is 0.586 e. The number of ether oxygens (including phenoxy) is 2. The second-order valence-corrected chi connectivity index (χ2v) is 11.0. The monoisotopic (exact) mass is 527 g/mol. The van der Waals surface area contributed by atoms with Gasteiger partial charge in [0.2, 0.25) is 5.91 Å². The van der Waals surface area contributed by atoms with Crippen LogP contribution in [0.3, 0.4) is 0 Å². The van der Waals surface area contributed by atoms with E-state index in [4.69, 9.17) is 11.6 Å². The molecule has 1 aliphatic carbocycles. The number of nitrogens with zero attached hydrogens (tertiary/aromatic N) is 2. The van der Waals surface area contributed by atoms with E-state index in [1.54, 1.807) is 6.07 Å². The summed E-state index contributed by atoms with van der Waals surface area (Å²) in [5.74, 6) is 5.03. The van der Waals surface area contributed by atoms with Crippen molar-refractivity contribution in [3.63, 3.8) is 0 Å². The Morgan fingerprint density at radius 3 is 2.53 bits per heavy atom. The Balaban J connectivity index is 1.40. The number of alkyl halides is 2. The van der Waals surface area contributed by atoms with E-state index >= 15 is 0 Å². The minimum atomic E-state index is -3.71. The molecule has 2 aliphatic rings. The van der Waals surface area contributed by atoms with Crippen LogP contribution in [0.5, 0.6) is 11.5 Å². The highest BCUT2D eigenvalue weighted by Gasteiger charge is 2.52. The van der Waals surface area contributed by atoms with Crippen LogP contribution in [0.25, 0.3) is 10.9 Å². The Kier molecular flexibility index (Phi) is 6.01. The van der Waals surface area contributed by atoms with Gasteiger partial charge in [0.25, 0.3) is 0 Å². The van der Waals surface area contributed by atoms with E-state index in [0.717, 1.165) is 16.6 Å². The van der Waals surface area contributed by atoms with Gasteiger partial charge >= 0.3 is 6.29 Å². The van der Waals surface area contributed by atoms with Crippen LogP contribution in [0, 0.1) is 0 Å². The Morgan fingerprint density at radius 2 is 1.87 bits per heavy atom. The lowest BCUT2D eigenvalue weighted by Gasteiger charge is -2.23. The van der Waals surface area contributed by atoms with Gasteiger partial charge in [-0.05, 0) is 54.8 Å². The van der Waals surface area contributed by atoms with Crippen molar-refractivity contribution in [3.8, 4) is 11.5 Å². The number of aromatic nitrogens is 1. The van der Waals surface area contributed by atoms with E-state index in [2.05, 4.69) is 40.7 Å². The number of benzene rings is 2. The molecule has 0 radical (unpaired) electrons.